The zero-order valence-corrected chi connectivity index (χ0v) is 13.5. The van der Waals surface area contributed by atoms with Crippen LogP contribution in [0.25, 0.3) is 0 Å². The molecule has 7 heteroatoms. The predicted molar refractivity (Wildman–Crippen MR) is 88.1 cm³/mol. The van der Waals surface area contributed by atoms with Gasteiger partial charge in [-0.2, -0.15) is 0 Å². The lowest BCUT2D eigenvalue weighted by molar-refractivity contribution is 0.237. The Morgan fingerprint density at radius 1 is 1.25 bits per heavy atom. The van der Waals surface area contributed by atoms with Gasteiger partial charge in [-0.1, -0.05) is 13.0 Å². The van der Waals surface area contributed by atoms with Crippen LogP contribution in [-0.4, -0.2) is 36.7 Å². The highest BCUT2D eigenvalue weighted by Crippen LogP contribution is 2.37. The molecular formula is C17H21N3O4. The van der Waals surface area contributed by atoms with Crippen molar-refractivity contribution in [1.82, 2.24) is 14.9 Å². The monoisotopic (exact) mass is 331 g/mol. The number of fused-ring (bicyclic) bond motifs is 1. The molecule has 1 aromatic carbocycles. The summed E-state index contributed by atoms with van der Waals surface area (Å²) in [5.41, 5.74) is 1.89. The number of hydrogen-bond acceptors (Lipinski definition) is 6. The van der Waals surface area contributed by atoms with Gasteiger partial charge in [0.25, 0.3) is 5.56 Å². The summed E-state index contributed by atoms with van der Waals surface area (Å²) in [4.78, 5) is 21.7. The number of hydrogen-bond donors (Lipinski definition) is 4. The number of rotatable bonds is 4. The van der Waals surface area contributed by atoms with Crippen LogP contribution in [0.1, 0.15) is 36.0 Å². The highest BCUT2D eigenvalue weighted by Gasteiger charge is 2.22. The molecule has 0 amide bonds. The Morgan fingerprint density at radius 2 is 2.04 bits per heavy atom. The van der Waals surface area contributed by atoms with E-state index in [0.717, 1.165) is 24.4 Å². The molecule has 0 bridgehead atoms. The maximum Gasteiger partial charge on any atom is 0.255 e. The van der Waals surface area contributed by atoms with Crippen molar-refractivity contribution >= 4 is 0 Å². The third-order valence-corrected chi connectivity index (χ3v) is 4.29. The molecule has 0 radical (unpaired) electrons. The van der Waals surface area contributed by atoms with E-state index in [1.54, 1.807) is 6.07 Å². The molecule has 1 aromatic heterocycles. The molecule has 0 unspecified atom stereocenters. The van der Waals surface area contributed by atoms with Crippen LogP contribution in [0.5, 0.6) is 17.2 Å². The topological polar surface area (TPSA) is 110 Å². The second-order valence-electron chi connectivity index (χ2n) is 6.09. The largest absolute Gasteiger partial charge is 0.504 e. The summed E-state index contributed by atoms with van der Waals surface area (Å²) in [5, 5.41) is 28.9. The summed E-state index contributed by atoms with van der Waals surface area (Å²) >= 11 is 0. The van der Waals surface area contributed by atoms with E-state index in [1.165, 1.54) is 6.07 Å². The second-order valence-corrected chi connectivity index (χ2v) is 6.09. The van der Waals surface area contributed by atoms with Crippen molar-refractivity contribution in [3.05, 3.63) is 45.1 Å². The fourth-order valence-corrected chi connectivity index (χ4v) is 3.00. The highest BCUT2D eigenvalue weighted by atomic mass is 16.3. The zero-order valence-electron chi connectivity index (χ0n) is 13.5. The molecule has 0 atom stereocenters. The van der Waals surface area contributed by atoms with Gasteiger partial charge in [0.1, 0.15) is 5.82 Å². The third kappa shape index (κ3) is 3.07. The molecule has 24 heavy (non-hydrogen) atoms. The van der Waals surface area contributed by atoms with Crippen molar-refractivity contribution < 1.29 is 15.3 Å². The molecule has 0 spiro atoms. The lowest BCUT2D eigenvalue weighted by Crippen LogP contribution is -2.35. The Kier molecular flexibility index (Phi) is 4.44. The standard InChI is InChI=1S/C17H21N3O4/c1-2-3-14-18-12-6-7-20(9-11(12)17(24)19-14)8-10-4-5-13(21)16(23)15(10)22/h4-5,21-23H,2-3,6-9H2,1H3,(H,18,19,24). The van der Waals surface area contributed by atoms with Crippen LogP contribution in [-0.2, 0) is 25.9 Å². The molecule has 0 aliphatic carbocycles. The van der Waals surface area contributed by atoms with Crippen molar-refractivity contribution in [2.75, 3.05) is 6.54 Å². The first-order chi connectivity index (χ1) is 11.5. The van der Waals surface area contributed by atoms with Gasteiger partial charge in [0.05, 0.1) is 11.3 Å². The summed E-state index contributed by atoms with van der Waals surface area (Å²) < 4.78 is 0. The lowest BCUT2D eigenvalue weighted by Gasteiger charge is -2.28. The van der Waals surface area contributed by atoms with Crippen LogP contribution in [0.2, 0.25) is 0 Å². The average Bonchev–Trinajstić information content (AvgIpc) is 2.56. The Morgan fingerprint density at radius 3 is 2.79 bits per heavy atom. The van der Waals surface area contributed by atoms with Crippen molar-refractivity contribution in [3.8, 4) is 17.2 Å². The second kappa shape index (κ2) is 6.52. The predicted octanol–water partition coefficient (Wildman–Crippen LogP) is 1.40. The maximum atomic E-state index is 12.3. The Balaban J connectivity index is 1.81. The minimum atomic E-state index is -0.520. The van der Waals surface area contributed by atoms with Gasteiger partial charge in [0, 0.05) is 38.0 Å². The highest BCUT2D eigenvalue weighted by molar-refractivity contribution is 5.53. The summed E-state index contributed by atoms with van der Waals surface area (Å²) in [6.07, 6.45) is 2.35. The van der Waals surface area contributed by atoms with E-state index < -0.39 is 5.75 Å². The van der Waals surface area contributed by atoms with Crippen LogP contribution in [0.15, 0.2) is 16.9 Å². The molecule has 7 nitrogen and oxygen atoms in total. The van der Waals surface area contributed by atoms with Crippen molar-refractivity contribution in [2.45, 2.75) is 39.3 Å². The smallest absolute Gasteiger partial charge is 0.255 e. The molecule has 3 rings (SSSR count). The molecule has 128 valence electrons. The van der Waals surface area contributed by atoms with Gasteiger partial charge in [-0.15, -0.1) is 0 Å². The first kappa shape index (κ1) is 16.3. The number of H-pyrrole nitrogens is 1. The van der Waals surface area contributed by atoms with Gasteiger partial charge in [-0.05, 0) is 12.5 Å². The van der Waals surface area contributed by atoms with E-state index in [9.17, 15) is 20.1 Å². The SMILES string of the molecule is CCCc1nc2c(c(=O)[nH]1)CN(Cc1ccc(O)c(O)c1O)CC2. The number of nitrogens with one attached hydrogen (secondary N) is 1. The number of aromatic amines is 1. The molecule has 4 N–H and O–H groups in total. The number of aromatic hydroxyl groups is 3. The quantitative estimate of drug-likeness (QED) is 0.631. The molecule has 0 saturated carbocycles. The molecule has 1 aliphatic heterocycles. The van der Waals surface area contributed by atoms with Crippen LogP contribution in [0.4, 0.5) is 0 Å². The van der Waals surface area contributed by atoms with Crippen molar-refractivity contribution in [3.63, 3.8) is 0 Å². The third-order valence-electron chi connectivity index (χ3n) is 4.29. The number of aromatic nitrogens is 2. The van der Waals surface area contributed by atoms with Crippen LogP contribution >= 0.6 is 0 Å². The number of aryl methyl sites for hydroxylation is 1. The molecule has 1 aliphatic rings. The van der Waals surface area contributed by atoms with E-state index in [2.05, 4.69) is 9.97 Å². The Labute approximate surface area is 139 Å². The van der Waals surface area contributed by atoms with Gasteiger partial charge < -0.3 is 20.3 Å². The van der Waals surface area contributed by atoms with Gasteiger partial charge in [-0.3, -0.25) is 9.69 Å². The number of phenolic OH excluding ortho intramolecular Hbond substituents is 3. The summed E-state index contributed by atoms with van der Waals surface area (Å²) in [7, 11) is 0. The van der Waals surface area contributed by atoms with Gasteiger partial charge in [0.2, 0.25) is 5.75 Å². The maximum absolute atomic E-state index is 12.3. The summed E-state index contributed by atoms with van der Waals surface area (Å²) in [6, 6.07) is 2.90. The summed E-state index contributed by atoms with van der Waals surface area (Å²) in [5.74, 6) is -0.472. The number of phenols is 3. The van der Waals surface area contributed by atoms with Gasteiger partial charge >= 0.3 is 0 Å². The van der Waals surface area contributed by atoms with E-state index >= 15 is 0 Å². The average molecular weight is 331 g/mol. The minimum absolute atomic E-state index is 0.106. The minimum Gasteiger partial charge on any atom is -0.504 e. The van der Waals surface area contributed by atoms with Crippen LogP contribution < -0.4 is 5.56 Å². The molecular weight excluding hydrogens is 310 g/mol. The fourth-order valence-electron chi connectivity index (χ4n) is 3.00. The normalized spacial score (nSPS) is 14.5. The number of benzene rings is 1. The molecule has 0 saturated heterocycles. The molecule has 2 heterocycles. The van der Waals surface area contributed by atoms with E-state index in [0.29, 0.717) is 37.2 Å². The Bertz CT molecular complexity index is 816. The van der Waals surface area contributed by atoms with Gasteiger partial charge in [-0.25, -0.2) is 4.98 Å². The first-order valence-corrected chi connectivity index (χ1v) is 8.05. The number of nitrogens with zero attached hydrogens (tertiary/aromatic N) is 2. The zero-order chi connectivity index (χ0) is 17.3. The van der Waals surface area contributed by atoms with Crippen molar-refractivity contribution in [1.29, 1.82) is 0 Å². The van der Waals surface area contributed by atoms with Crippen molar-refractivity contribution in [2.24, 2.45) is 0 Å². The molecule has 0 fully saturated rings. The summed E-state index contributed by atoms with van der Waals surface area (Å²) in [6.45, 7) is 3.55. The Hall–Kier alpha value is -2.54. The lowest BCUT2D eigenvalue weighted by atomic mass is 10.1. The molecule has 2 aromatic rings. The first-order valence-electron chi connectivity index (χ1n) is 8.05. The van der Waals surface area contributed by atoms with E-state index in [-0.39, 0.29) is 17.1 Å². The van der Waals surface area contributed by atoms with E-state index in [1.807, 2.05) is 11.8 Å². The van der Waals surface area contributed by atoms with Crippen LogP contribution in [0, 0.1) is 0 Å². The van der Waals surface area contributed by atoms with Gasteiger partial charge in [0.15, 0.2) is 11.5 Å². The van der Waals surface area contributed by atoms with E-state index in [4.69, 9.17) is 0 Å². The fraction of sp³-hybridized carbons (Fsp3) is 0.412. The van der Waals surface area contributed by atoms with Crippen LogP contribution in [0.3, 0.4) is 0 Å².